The number of likely N-dealkylation sites (N-methyl/N-ethyl adjacent to an activating group) is 1. The summed E-state index contributed by atoms with van der Waals surface area (Å²) >= 11 is 0. The summed E-state index contributed by atoms with van der Waals surface area (Å²) in [6.07, 6.45) is 39.9. The zero-order valence-electron chi connectivity index (χ0n) is 36.0. The molecule has 2 atom stereocenters. The van der Waals surface area contributed by atoms with Crippen molar-refractivity contribution in [1.82, 2.24) is 0 Å². The first-order chi connectivity index (χ1) is 25.6. The Morgan fingerprint density at radius 1 is 0.509 bits per heavy atom. The van der Waals surface area contributed by atoms with Crippen molar-refractivity contribution in [2.75, 3.05) is 54.1 Å². The normalized spacial score (nSPS) is 13.7. The molecule has 318 valence electrons. The van der Waals surface area contributed by atoms with E-state index in [-0.39, 0.29) is 25.8 Å². The summed E-state index contributed by atoms with van der Waals surface area (Å²) in [7, 11) is 1.68. The van der Waals surface area contributed by atoms with Crippen LogP contribution in [0.5, 0.6) is 0 Å². The van der Waals surface area contributed by atoms with E-state index in [0.29, 0.717) is 24.1 Å². The second-order valence-corrected chi connectivity index (χ2v) is 18.3. The maximum Gasteiger partial charge on any atom is 0.472 e. The van der Waals surface area contributed by atoms with Crippen LogP contribution in [0.4, 0.5) is 0 Å². The molecule has 0 aromatic carbocycles. The van der Waals surface area contributed by atoms with Gasteiger partial charge in [-0.15, -0.1) is 0 Å². The summed E-state index contributed by atoms with van der Waals surface area (Å²) < 4.78 is 35.0. The molecule has 0 rings (SSSR count). The Morgan fingerprint density at radius 3 is 1.25 bits per heavy atom. The Bertz CT molecular complexity index is 822. The van der Waals surface area contributed by atoms with Gasteiger partial charge in [-0.3, -0.25) is 13.8 Å². The predicted molar refractivity (Wildman–Crippen MR) is 224 cm³/mol. The lowest BCUT2D eigenvalue weighted by Gasteiger charge is -2.24. The summed E-state index contributed by atoms with van der Waals surface area (Å²) in [5.41, 5.74) is 0. The zero-order chi connectivity index (χ0) is 39.1. The van der Waals surface area contributed by atoms with Crippen molar-refractivity contribution in [2.45, 2.75) is 225 Å². The van der Waals surface area contributed by atoms with E-state index in [9.17, 15) is 14.3 Å². The maximum atomic E-state index is 12.7. The SMILES string of the molecule is CCCCCCCCCCCCCCCCCCCCCCC(=O)OC(COCCCCCCCCCCCCC)COP(=O)(O)OCC[N+](C)(C)C. The summed E-state index contributed by atoms with van der Waals surface area (Å²) in [4.78, 5) is 22.9. The standard InChI is InChI=1S/C44H90NO7P/c1-6-8-10-12-14-16-18-19-20-21-22-23-24-25-26-27-29-31-33-35-37-44(46)52-43(42-51-53(47,48)50-40-38-45(3,4)5)41-49-39-36-34-32-30-28-17-15-13-11-9-7-2/h43H,6-42H2,1-5H3/p+1. The number of hydrogen-bond acceptors (Lipinski definition) is 6. The minimum atomic E-state index is -4.26. The highest BCUT2D eigenvalue weighted by molar-refractivity contribution is 7.47. The van der Waals surface area contributed by atoms with Crippen LogP contribution in [0.25, 0.3) is 0 Å². The summed E-state index contributed by atoms with van der Waals surface area (Å²) in [6, 6.07) is 0. The number of quaternary nitrogens is 1. The van der Waals surface area contributed by atoms with Gasteiger partial charge in [0.1, 0.15) is 19.3 Å². The van der Waals surface area contributed by atoms with Crippen LogP contribution >= 0.6 is 7.82 Å². The van der Waals surface area contributed by atoms with Gasteiger partial charge >= 0.3 is 13.8 Å². The van der Waals surface area contributed by atoms with Gasteiger partial charge in [0.2, 0.25) is 0 Å². The molecule has 0 bridgehead atoms. The number of nitrogens with zero attached hydrogens (tertiary/aromatic N) is 1. The van der Waals surface area contributed by atoms with E-state index in [0.717, 1.165) is 32.1 Å². The first kappa shape index (κ1) is 52.5. The number of phosphoric acid groups is 1. The molecule has 0 amide bonds. The Hall–Kier alpha value is -0.500. The minimum Gasteiger partial charge on any atom is -0.457 e. The van der Waals surface area contributed by atoms with Gasteiger partial charge in [-0.2, -0.15) is 0 Å². The molecule has 0 aromatic heterocycles. The van der Waals surface area contributed by atoms with Crippen molar-refractivity contribution < 1.29 is 37.3 Å². The van der Waals surface area contributed by atoms with Gasteiger partial charge < -0.3 is 18.9 Å². The highest BCUT2D eigenvalue weighted by Crippen LogP contribution is 2.43. The maximum absolute atomic E-state index is 12.7. The van der Waals surface area contributed by atoms with E-state index in [1.807, 2.05) is 21.1 Å². The fourth-order valence-corrected chi connectivity index (χ4v) is 7.35. The molecule has 0 aromatic rings. The molecule has 0 aliphatic carbocycles. The molecule has 8 nitrogen and oxygen atoms in total. The second-order valence-electron chi connectivity index (χ2n) is 16.8. The number of ether oxygens (including phenoxy) is 2. The van der Waals surface area contributed by atoms with Gasteiger partial charge in [0, 0.05) is 13.0 Å². The number of hydrogen-bond donors (Lipinski definition) is 1. The predicted octanol–water partition coefficient (Wildman–Crippen LogP) is 13.3. The first-order valence-electron chi connectivity index (χ1n) is 22.8. The minimum absolute atomic E-state index is 0.0938. The smallest absolute Gasteiger partial charge is 0.457 e. The van der Waals surface area contributed by atoms with E-state index in [2.05, 4.69) is 13.8 Å². The van der Waals surface area contributed by atoms with E-state index in [1.165, 1.54) is 167 Å². The zero-order valence-corrected chi connectivity index (χ0v) is 36.9. The van der Waals surface area contributed by atoms with E-state index in [4.69, 9.17) is 18.5 Å². The quantitative estimate of drug-likeness (QED) is 0.0285. The molecular weight excluding hydrogens is 685 g/mol. The molecule has 9 heteroatoms. The van der Waals surface area contributed by atoms with Crippen LogP contribution in [0, 0.1) is 0 Å². The monoisotopic (exact) mass is 777 g/mol. The Labute approximate surface area is 329 Å². The van der Waals surface area contributed by atoms with Gasteiger partial charge in [-0.25, -0.2) is 4.57 Å². The number of carbonyl (C=O) groups excluding carboxylic acids is 1. The van der Waals surface area contributed by atoms with Gasteiger partial charge in [0.05, 0.1) is 34.4 Å². The van der Waals surface area contributed by atoms with Gasteiger partial charge in [-0.05, 0) is 12.8 Å². The summed E-state index contributed by atoms with van der Waals surface area (Å²) in [5, 5.41) is 0. The molecule has 0 fully saturated rings. The van der Waals surface area contributed by atoms with E-state index in [1.54, 1.807) is 0 Å². The van der Waals surface area contributed by atoms with Crippen LogP contribution in [0.2, 0.25) is 0 Å². The molecule has 53 heavy (non-hydrogen) atoms. The molecule has 0 aliphatic rings. The summed E-state index contributed by atoms with van der Waals surface area (Å²) in [5.74, 6) is -0.307. The molecule has 0 heterocycles. The lowest BCUT2D eigenvalue weighted by atomic mass is 10.0. The first-order valence-corrected chi connectivity index (χ1v) is 24.3. The number of esters is 1. The third-order valence-electron chi connectivity index (χ3n) is 10.2. The van der Waals surface area contributed by atoms with Crippen LogP contribution in [-0.4, -0.2) is 75.6 Å². The van der Waals surface area contributed by atoms with E-state index >= 15 is 0 Å². The number of carbonyl (C=O) groups is 1. The van der Waals surface area contributed by atoms with Crippen LogP contribution in [0.3, 0.4) is 0 Å². The number of phosphoric ester groups is 1. The average molecular weight is 777 g/mol. The van der Waals surface area contributed by atoms with Crippen LogP contribution in [0.1, 0.15) is 219 Å². The van der Waals surface area contributed by atoms with Gasteiger partial charge in [0.25, 0.3) is 0 Å². The largest absolute Gasteiger partial charge is 0.472 e. The van der Waals surface area contributed by atoms with Crippen molar-refractivity contribution in [3.05, 3.63) is 0 Å². The van der Waals surface area contributed by atoms with Crippen molar-refractivity contribution in [2.24, 2.45) is 0 Å². The van der Waals surface area contributed by atoms with Gasteiger partial charge in [0.15, 0.2) is 0 Å². The Kier molecular flexibility index (Phi) is 38.0. The molecule has 1 N–H and O–H groups in total. The molecule has 0 spiro atoms. The fourth-order valence-electron chi connectivity index (χ4n) is 6.61. The molecule has 0 saturated heterocycles. The Morgan fingerprint density at radius 2 is 0.868 bits per heavy atom. The summed E-state index contributed by atoms with van der Waals surface area (Å²) in [6.45, 7) is 5.67. The topological polar surface area (TPSA) is 91.3 Å². The van der Waals surface area contributed by atoms with Crippen molar-refractivity contribution in [3.8, 4) is 0 Å². The molecule has 2 unspecified atom stereocenters. The lowest BCUT2D eigenvalue weighted by molar-refractivity contribution is -0.870. The number of rotatable bonds is 43. The highest BCUT2D eigenvalue weighted by atomic mass is 31.2. The van der Waals surface area contributed by atoms with Crippen molar-refractivity contribution in [3.63, 3.8) is 0 Å². The molecule has 0 saturated carbocycles. The third kappa shape index (κ3) is 42.5. The van der Waals surface area contributed by atoms with Crippen LogP contribution in [-0.2, 0) is 27.9 Å². The average Bonchev–Trinajstić information content (AvgIpc) is 3.11. The van der Waals surface area contributed by atoms with E-state index < -0.39 is 13.9 Å². The third-order valence-corrected chi connectivity index (χ3v) is 11.2. The van der Waals surface area contributed by atoms with Crippen LogP contribution in [0.15, 0.2) is 0 Å². The molecule has 0 radical (unpaired) electrons. The molecular formula is C44H91NO7P+. The van der Waals surface area contributed by atoms with Crippen molar-refractivity contribution in [1.29, 1.82) is 0 Å². The van der Waals surface area contributed by atoms with Crippen LogP contribution < -0.4 is 0 Å². The fraction of sp³-hybridized carbons (Fsp3) is 0.977. The molecule has 0 aliphatic heterocycles. The van der Waals surface area contributed by atoms with Crippen molar-refractivity contribution >= 4 is 13.8 Å². The highest BCUT2D eigenvalue weighted by Gasteiger charge is 2.26. The number of unbranched alkanes of at least 4 members (excludes halogenated alkanes) is 29. The van der Waals surface area contributed by atoms with Gasteiger partial charge in [-0.1, -0.05) is 200 Å². The lowest BCUT2D eigenvalue weighted by Crippen LogP contribution is -2.37. The Balaban J connectivity index is 4.10. The second kappa shape index (κ2) is 38.4.